The lowest BCUT2D eigenvalue weighted by molar-refractivity contribution is -0.138. The van der Waals surface area contributed by atoms with Crippen LogP contribution in [0.1, 0.15) is 11.1 Å². The lowest BCUT2D eigenvalue weighted by atomic mass is 10.1. The summed E-state index contributed by atoms with van der Waals surface area (Å²) >= 11 is 0. The van der Waals surface area contributed by atoms with Gasteiger partial charge in [-0.2, -0.15) is 13.2 Å². The molecule has 25 heavy (non-hydrogen) atoms. The molecule has 134 valence electrons. The van der Waals surface area contributed by atoms with Crippen molar-refractivity contribution < 1.29 is 13.2 Å². The van der Waals surface area contributed by atoms with Gasteiger partial charge in [-0.05, 0) is 42.9 Å². The fourth-order valence-electron chi connectivity index (χ4n) is 3.00. The molecular weight excluding hydrogens is 327 g/mol. The second kappa shape index (κ2) is 7.35. The van der Waals surface area contributed by atoms with E-state index in [1.165, 1.54) is 12.1 Å². The van der Waals surface area contributed by atoms with Crippen molar-refractivity contribution in [3.8, 4) is 0 Å². The molecular formula is C19H22F3N3. The van der Waals surface area contributed by atoms with E-state index in [9.17, 15) is 13.2 Å². The van der Waals surface area contributed by atoms with E-state index < -0.39 is 11.7 Å². The van der Waals surface area contributed by atoms with Crippen molar-refractivity contribution in [3.05, 3.63) is 59.7 Å². The molecule has 1 aliphatic rings. The molecule has 0 bridgehead atoms. The molecule has 0 amide bonds. The summed E-state index contributed by atoms with van der Waals surface area (Å²) in [5.74, 6) is 0. The Morgan fingerprint density at radius 1 is 0.920 bits per heavy atom. The lowest BCUT2D eigenvalue weighted by Gasteiger charge is -2.34. The molecule has 0 saturated carbocycles. The van der Waals surface area contributed by atoms with Gasteiger partial charge in [-0.1, -0.05) is 18.2 Å². The van der Waals surface area contributed by atoms with E-state index in [0.29, 0.717) is 0 Å². The third kappa shape index (κ3) is 4.45. The molecule has 0 aliphatic carbocycles. The zero-order valence-electron chi connectivity index (χ0n) is 14.2. The highest BCUT2D eigenvalue weighted by Crippen LogP contribution is 2.32. The van der Waals surface area contributed by atoms with Gasteiger partial charge in [0.15, 0.2) is 0 Å². The van der Waals surface area contributed by atoms with Crippen molar-refractivity contribution in [2.75, 3.05) is 43.4 Å². The Labute approximate surface area is 146 Å². The highest BCUT2D eigenvalue weighted by molar-refractivity contribution is 5.55. The second-order valence-electron chi connectivity index (χ2n) is 6.35. The van der Waals surface area contributed by atoms with E-state index in [1.54, 1.807) is 6.07 Å². The van der Waals surface area contributed by atoms with E-state index >= 15 is 0 Å². The average molecular weight is 349 g/mol. The van der Waals surface area contributed by atoms with Crippen molar-refractivity contribution in [2.24, 2.45) is 0 Å². The number of anilines is 2. The number of likely N-dealkylation sites (N-methyl/N-ethyl adjacent to an activating group) is 1. The van der Waals surface area contributed by atoms with Crippen molar-refractivity contribution >= 4 is 11.4 Å². The molecule has 1 saturated heterocycles. The Kier molecular flexibility index (Phi) is 5.18. The molecule has 0 atom stereocenters. The summed E-state index contributed by atoms with van der Waals surface area (Å²) < 4.78 is 39.1. The first kappa shape index (κ1) is 17.6. The molecule has 2 aromatic carbocycles. The molecule has 3 rings (SSSR count). The lowest BCUT2D eigenvalue weighted by Crippen LogP contribution is -2.44. The number of benzene rings is 2. The van der Waals surface area contributed by atoms with Gasteiger partial charge in [-0.3, -0.25) is 0 Å². The van der Waals surface area contributed by atoms with E-state index in [1.807, 2.05) is 24.3 Å². The molecule has 1 N–H and O–H groups in total. The van der Waals surface area contributed by atoms with Gasteiger partial charge >= 0.3 is 6.18 Å². The largest absolute Gasteiger partial charge is 0.416 e. The Morgan fingerprint density at radius 3 is 2.20 bits per heavy atom. The van der Waals surface area contributed by atoms with Gasteiger partial charge in [0, 0.05) is 44.1 Å². The smallest absolute Gasteiger partial charge is 0.381 e. The Hall–Kier alpha value is -2.21. The standard InChI is InChI=1S/C19H22F3N3/c1-24-10-12-25(13-11-24)17-8-6-16(7-9-17)23-14-15-4-2-3-5-18(15)19(20,21)22/h2-9,23H,10-14H2,1H3. The minimum atomic E-state index is -4.33. The minimum Gasteiger partial charge on any atom is -0.381 e. The summed E-state index contributed by atoms with van der Waals surface area (Å²) in [5.41, 5.74) is 1.62. The summed E-state index contributed by atoms with van der Waals surface area (Å²) in [7, 11) is 2.11. The average Bonchev–Trinajstić information content (AvgIpc) is 2.61. The fourth-order valence-corrected chi connectivity index (χ4v) is 3.00. The van der Waals surface area contributed by atoms with Gasteiger partial charge in [-0.15, -0.1) is 0 Å². The monoisotopic (exact) mass is 349 g/mol. The maximum atomic E-state index is 13.0. The number of piperazine rings is 1. The summed E-state index contributed by atoms with van der Waals surface area (Å²) in [6, 6.07) is 13.5. The van der Waals surface area contributed by atoms with Gasteiger partial charge in [0.05, 0.1) is 5.56 Å². The van der Waals surface area contributed by atoms with Crippen LogP contribution in [0.4, 0.5) is 24.5 Å². The van der Waals surface area contributed by atoms with Crippen LogP contribution in [-0.4, -0.2) is 38.1 Å². The van der Waals surface area contributed by atoms with Crippen LogP contribution in [0.15, 0.2) is 48.5 Å². The van der Waals surface area contributed by atoms with Crippen molar-refractivity contribution in [1.82, 2.24) is 4.90 Å². The summed E-state index contributed by atoms with van der Waals surface area (Å²) in [5, 5.41) is 3.08. The van der Waals surface area contributed by atoms with Crippen molar-refractivity contribution in [1.29, 1.82) is 0 Å². The summed E-state index contributed by atoms with van der Waals surface area (Å²) in [6.07, 6.45) is -4.33. The summed E-state index contributed by atoms with van der Waals surface area (Å²) in [6.45, 7) is 4.19. The Morgan fingerprint density at radius 2 is 1.56 bits per heavy atom. The third-order valence-electron chi connectivity index (χ3n) is 4.54. The number of alkyl halides is 3. The van der Waals surface area contributed by atoms with Crippen LogP contribution in [0.5, 0.6) is 0 Å². The van der Waals surface area contributed by atoms with Crippen molar-refractivity contribution in [3.63, 3.8) is 0 Å². The highest BCUT2D eigenvalue weighted by atomic mass is 19.4. The SMILES string of the molecule is CN1CCN(c2ccc(NCc3ccccc3C(F)(F)F)cc2)CC1. The quantitative estimate of drug-likeness (QED) is 0.898. The van der Waals surface area contributed by atoms with Gasteiger partial charge in [0.25, 0.3) is 0 Å². The fraction of sp³-hybridized carbons (Fsp3) is 0.368. The second-order valence-corrected chi connectivity index (χ2v) is 6.35. The summed E-state index contributed by atoms with van der Waals surface area (Å²) in [4.78, 5) is 4.62. The number of hydrogen-bond acceptors (Lipinski definition) is 3. The molecule has 0 spiro atoms. The zero-order chi connectivity index (χ0) is 17.9. The first-order valence-electron chi connectivity index (χ1n) is 8.36. The van der Waals surface area contributed by atoms with Crippen LogP contribution in [0.2, 0.25) is 0 Å². The van der Waals surface area contributed by atoms with Crippen LogP contribution in [-0.2, 0) is 12.7 Å². The molecule has 1 aliphatic heterocycles. The minimum absolute atomic E-state index is 0.142. The highest BCUT2D eigenvalue weighted by Gasteiger charge is 2.32. The zero-order valence-corrected chi connectivity index (χ0v) is 14.2. The van der Waals surface area contributed by atoms with E-state index in [4.69, 9.17) is 0 Å². The molecule has 1 fully saturated rings. The number of hydrogen-bond donors (Lipinski definition) is 1. The van der Waals surface area contributed by atoms with Gasteiger partial charge in [0.2, 0.25) is 0 Å². The number of nitrogens with one attached hydrogen (secondary N) is 1. The van der Waals surface area contributed by atoms with Gasteiger partial charge < -0.3 is 15.1 Å². The van der Waals surface area contributed by atoms with Crippen LogP contribution in [0, 0.1) is 0 Å². The van der Waals surface area contributed by atoms with E-state index in [-0.39, 0.29) is 12.1 Å². The van der Waals surface area contributed by atoms with Crippen LogP contribution >= 0.6 is 0 Å². The number of rotatable bonds is 4. The molecule has 0 unspecified atom stereocenters. The van der Waals surface area contributed by atoms with E-state index in [0.717, 1.165) is 43.6 Å². The topological polar surface area (TPSA) is 18.5 Å². The maximum absolute atomic E-state index is 13.0. The predicted octanol–water partition coefficient (Wildman–Crippen LogP) is 4.07. The first-order valence-corrected chi connectivity index (χ1v) is 8.36. The molecule has 3 nitrogen and oxygen atoms in total. The Bertz CT molecular complexity index is 690. The van der Waals surface area contributed by atoms with Crippen LogP contribution in [0.3, 0.4) is 0 Å². The van der Waals surface area contributed by atoms with Crippen LogP contribution < -0.4 is 10.2 Å². The van der Waals surface area contributed by atoms with Crippen molar-refractivity contribution in [2.45, 2.75) is 12.7 Å². The maximum Gasteiger partial charge on any atom is 0.416 e. The molecule has 1 heterocycles. The Balaban J connectivity index is 1.63. The van der Waals surface area contributed by atoms with E-state index in [2.05, 4.69) is 22.2 Å². The molecule has 0 aromatic heterocycles. The third-order valence-corrected chi connectivity index (χ3v) is 4.54. The molecule has 6 heteroatoms. The van der Waals surface area contributed by atoms with Gasteiger partial charge in [0.1, 0.15) is 0 Å². The molecule has 2 aromatic rings. The predicted molar refractivity (Wildman–Crippen MR) is 94.9 cm³/mol. The van der Waals surface area contributed by atoms with Gasteiger partial charge in [-0.25, -0.2) is 0 Å². The number of nitrogens with zero attached hydrogens (tertiary/aromatic N) is 2. The first-order chi connectivity index (χ1) is 11.9. The number of halogens is 3. The molecule has 0 radical (unpaired) electrons. The van der Waals surface area contributed by atoms with Crippen LogP contribution in [0.25, 0.3) is 0 Å². The normalized spacial score (nSPS) is 16.1.